The minimum atomic E-state index is 0.244. The number of hydrogen-bond donors (Lipinski definition) is 0. The monoisotopic (exact) mass is 322 g/mol. The van der Waals surface area contributed by atoms with Gasteiger partial charge in [0.25, 0.3) is 0 Å². The lowest BCUT2D eigenvalue weighted by atomic mass is 10.1. The Labute approximate surface area is 144 Å². The molecular formula is C21H26N2O. The number of benzene rings is 2. The molecule has 1 amide bonds. The summed E-state index contributed by atoms with van der Waals surface area (Å²) in [5, 5.41) is 0. The molecule has 0 radical (unpaired) electrons. The number of carbonyl (C=O) groups is 1. The molecule has 3 heteroatoms. The highest BCUT2D eigenvalue weighted by Crippen LogP contribution is 2.14. The molecule has 3 nitrogen and oxygen atoms in total. The molecule has 0 bridgehead atoms. The van der Waals surface area contributed by atoms with Gasteiger partial charge in [-0.25, -0.2) is 0 Å². The second kappa shape index (κ2) is 7.63. The van der Waals surface area contributed by atoms with Crippen molar-refractivity contribution in [3.05, 3.63) is 70.8 Å². The maximum atomic E-state index is 12.5. The molecule has 24 heavy (non-hydrogen) atoms. The van der Waals surface area contributed by atoms with E-state index in [2.05, 4.69) is 61.2 Å². The molecule has 1 fully saturated rings. The molecule has 0 N–H and O–H groups in total. The van der Waals surface area contributed by atoms with E-state index in [4.69, 9.17) is 0 Å². The predicted octanol–water partition coefficient (Wildman–Crippen LogP) is 3.19. The van der Waals surface area contributed by atoms with E-state index in [1.165, 1.54) is 22.3 Å². The number of piperazine rings is 1. The largest absolute Gasteiger partial charge is 0.336 e. The summed E-state index contributed by atoms with van der Waals surface area (Å²) in [5.74, 6) is 0.244. The highest BCUT2D eigenvalue weighted by atomic mass is 16.2. The van der Waals surface area contributed by atoms with Crippen LogP contribution in [0.15, 0.2) is 48.5 Å². The van der Waals surface area contributed by atoms with Gasteiger partial charge in [-0.2, -0.15) is 0 Å². The van der Waals surface area contributed by atoms with Gasteiger partial charge in [0.2, 0.25) is 5.91 Å². The lowest BCUT2D eigenvalue weighted by Crippen LogP contribution is -2.50. The van der Waals surface area contributed by atoms with Crippen molar-refractivity contribution < 1.29 is 4.79 Å². The van der Waals surface area contributed by atoms with E-state index in [1.54, 1.807) is 0 Å². The Morgan fingerprint density at radius 3 is 2.29 bits per heavy atom. The fraction of sp³-hybridized carbons (Fsp3) is 0.381. The quantitative estimate of drug-likeness (QED) is 0.844. The van der Waals surface area contributed by atoms with Gasteiger partial charge in [-0.05, 0) is 31.4 Å². The molecule has 1 aliphatic rings. The zero-order valence-electron chi connectivity index (χ0n) is 14.7. The summed E-state index contributed by atoms with van der Waals surface area (Å²) in [6, 6.07) is 17.0. The van der Waals surface area contributed by atoms with E-state index in [9.17, 15) is 4.79 Å². The highest BCUT2D eigenvalue weighted by Gasteiger charge is 2.23. The van der Waals surface area contributed by atoms with Crippen molar-refractivity contribution in [3.63, 3.8) is 0 Å². The summed E-state index contributed by atoms with van der Waals surface area (Å²) < 4.78 is 0. The molecule has 1 heterocycles. The summed E-state index contributed by atoms with van der Waals surface area (Å²) in [7, 11) is 0. The van der Waals surface area contributed by atoms with Gasteiger partial charge in [0, 0.05) is 26.2 Å². The number of aryl methyl sites for hydroxylation is 2. The average molecular weight is 322 g/mol. The van der Waals surface area contributed by atoms with Crippen LogP contribution < -0.4 is 0 Å². The molecule has 0 saturated carbocycles. The van der Waals surface area contributed by atoms with Crippen molar-refractivity contribution >= 4 is 5.91 Å². The van der Waals surface area contributed by atoms with Crippen LogP contribution in [0.4, 0.5) is 0 Å². The van der Waals surface area contributed by atoms with Crippen molar-refractivity contribution in [2.45, 2.75) is 26.8 Å². The van der Waals surface area contributed by atoms with Crippen LogP contribution in [-0.2, 0) is 17.8 Å². The standard InChI is InChI=1S/C21H26N2O/c1-17-12-18(2)14-20(13-17)15-23-11-10-22(16-21(23)24)9-8-19-6-4-3-5-7-19/h3-7,12-14H,8-11,15-16H2,1-2H3. The van der Waals surface area contributed by atoms with E-state index in [-0.39, 0.29) is 5.91 Å². The van der Waals surface area contributed by atoms with E-state index in [0.29, 0.717) is 6.54 Å². The van der Waals surface area contributed by atoms with Crippen molar-refractivity contribution in [1.82, 2.24) is 9.80 Å². The fourth-order valence-corrected chi connectivity index (χ4v) is 3.43. The third kappa shape index (κ3) is 4.45. The normalized spacial score (nSPS) is 15.8. The molecule has 0 aliphatic carbocycles. The van der Waals surface area contributed by atoms with Gasteiger partial charge in [0.15, 0.2) is 0 Å². The van der Waals surface area contributed by atoms with Crippen LogP contribution in [0, 0.1) is 13.8 Å². The second-order valence-electron chi connectivity index (χ2n) is 6.82. The summed E-state index contributed by atoms with van der Waals surface area (Å²) in [4.78, 5) is 16.7. The number of amides is 1. The lowest BCUT2D eigenvalue weighted by Gasteiger charge is -2.34. The van der Waals surface area contributed by atoms with Gasteiger partial charge in [-0.3, -0.25) is 9.69 Å². The van der Waals surface area contributed by atoms with Crippen molar-refractivity contribution in [1.29, 1.82) is 0 Å². The molecule has 1 aliphatic heterocycles. The maximum absolute atomic E-state index is 12.5. The minimum absolute atomic E-state index is 0.244. The molecule has 0 aromatic heterocycles. The van der Waals surface area contributed by atoms with Crippen molar-refractivity contribution in [2.75, 3.05) is 26.2 Å². The van der Waals surface area contributed by atoms with Gasteiger partial charge in [0.05, 0.1) is 6.54 Å². The zero-order valence-corrected chi connectivity index (χ0v) is 14.7. The van der Waals surface area contributed by atoms with Crippen molar-refractivity contribution in [3.8, 4) is 0 Å². The number of nitrogens with zero attached hydrogens (tertiary/aromatic N) is 2. The second-order valence-corrected chi connectivity index (χ2v) is 6.82. The molecule has 3 rings (SSSR count). The number of hydrogen-bond acceptors (Lipinski definition) is 2. The highest BCUT2D eigenvalue weighted by molar-refractivity contribution is 5.79. The van der Waals surface area contributed by atoms with Gasteiger partial charge >= 0.3 is 0 Å². The van der Waals surface area contributed by atoms with E-state index < -0.39 is 0 Å². The lowest BCUT2D eigenvalue weighted by molar-refractivity contribution is -0.136. The first-order valence-corrected chi connectivity index (χ1v) is 8.71. The molecule has 0 spiro atoms. The Bertz CT molecular complexity index is 676. The Kier molecular flexibility index (Phi) is 5.31. The first-order valence-electron chi connectivity index (χ1n) is 8.71. The Balaban J connectivity index is 1.52. The van der Waals surface area contributed by atoms with Crippen LogP contribution in [0.3, 0.4) is 0 Å². The molecular weight excluding hydrogens is 296 g/mol. The van der Waals surface area contributed by atoms with E-state index in [1.807, 2.05) is 11.0 Å². The van der Waals surface area contributed by atoms with Crippen LogP contribution in [-0.4, -0.2) is 41.9 Å². The number of carbonyl (C=O) groups excluding carboxylic acids is 1. The molecule has 1 saturated heterocycles. The van der Waals surface area contributed by atoms with Gasteiger partial charge in [-0.15, -0.1) is 0 Å². The first kappa shape index (κ1) is 16.7. The molecule has 2 aromatic rings. The Hall–Kier alpha value is -2.13. The maximum Gasteiger partial charge on any atom is 0.237 e. The van der Waals surface area contributed by atoms with Crippen LogP contribution in [0.1, 0.15) is 22.3 Å². The van der Waals surface area contributed by atoms with Crippen molar-refractivity contribution in [2.24, 2.45) is 0 Å². The summed E-state index contributed by atoms with van der Waals surface area (Å²) in [5.41, 5.74) is 5.10. The third-order valence-corrected chi connectivity index (χ3v) is 4.61. The van der Waals surface area contributed by atoms with Gasteiger partial charge < -0.3 is 4.90 Å². The minimum Gasteiger partial charge on any atom is -0.336 e. The Morgan fingerprint density at radius 1 is 0.917 bits per heavy atom. The van der Waals surface area contributed by atoms with E-state index in [0.717, 1.165) is 32.6 Å². The van der Waals surface area contributed by atoms with Crippen LogP contribution >= 0.6 is 0 Å². The van der Waals surface area contributed by atoms with Crippen LogP contribution in [0.25, 0.3) is 0 Å². The predicted molar refractivity (Wildman–Crippen MR) is 97.9 cm³/mol. The summed E-state index contributed by atoms with van der Waals surface area (Å²) in [6.07, 6.45) is 1.01. The molecule has 126 valence electrons. The molecule has 0 unspecified atom stereocenters. The Morgan fingerprint density at radius 2 is 1.62 bits per heavy atom. The third-order valence-electron chi connectivity index (χ3n) is 4.61. The van der Waals surface area contributed by atoms with Crippen LogP contribution in [0.5, 0.6) is 0 Å². The fourth-order valence-electron chi connectivity index (χ4n) is 3.43. The first-order chi connectivity index (χ1) is 11.6. The smallest absolute Gasteiger partial charge is 0.237 e. The molecule has 0 atom stereocenters. The summed E-state index contributed by atoms with van der Waals surface area (Å²) >= 11 is 0. The number of rotatable bonds is 5. The molecule has 2 aromatic carbocycles. The van der Waals surface area contributed by atoms with Gasteiger partial charge in [-0.1, -0.05) is 59.7 Å². The summed E-state index contributed by atoms with van der Waals surface area (Å²) in [6.45, 7) is 8.22. The van der Waals surface area contributed by atoms with E-state index >= 15 is 0 Å². The topological polar surface area (TPSA) is 23.6 Å². The SMILES string of the molecule is Cc1cc(C)cc(CN2CCN(CCc3ccccc3)CC2=O)c1. The zero-order chi connectivity index (χ0) is 16.9. The van der Waals surface area contributed by atoms with Gasteiger partial charge in [0.1, 0.15) is 0 Å². The average Bonchev–Trinajstić information content (AvgIpc) is 2.55. The van der Waals surface area contributed by atoms with Crippen LogP contribution in [0.2, 0.25) is 0 Å².